The second-order valence-electron chi connectivity index (χ2n) is 15.6. The molecule has 2 fully saturated rings. The van der Waals surface area contributed by atoms with Gasteiger partial charge in [0.15, 0.2) is 0 Å². The third kappa shape index (κ3) is 9.28. The average molecular weight is 712 g/mol. The number of hydrogen-bond acceptors (Lipinski definition) is 10. The minimum absolute atomic E-state index is 0.0965. The van der Waals surface area contributed by atoms with Gasteiger partial charge < -0.3 is 38.9 Å². The third-order valence-electron chi connectivity index (χ3n) is 10.5. The number of hydrogen-bond donors (Lipinski definition) is 2. The molecule has 1 aromatic rings. The van der Waals surface area contributed by atoms with Crippen molar-refractivity contribution in [2.45, 2.75) is 90.4 Å². The predicted molar refractivity (Wildman–Crippen MR) is 197 cm³/mol. The fourth-order valence-corrected chi connectivity index (χ4v) is 8.05. The van der Waals surface area contributed by atoms with Gasteiger partial charge in [0.1, 0.15) is 30.8 Å². The Morgan fingerprint density at radius 3 is 2.57 bits per heavy atom. The SMILES string of the molecule is C=CCO[C@@]12Oc3ccc(OCCN4CC4)cc3[C@H]3[C@H](CCCCO)[C@@H](CCCCO)C=C(C(=NOCC)C[C@@H]1N(C)C(=O)OCC(C)(C)C)[C@H]32. The monoisotopic (exact) mass is 711 g/mol. The Morgan fingerprint density at radius 1 is 1.16 bits per heavy atom. The van der Waals surface area contributed by atoms with Crippen LogP contribution in [-0.2, 0) is 14.3 Å². The van der Waals surface area contributed by atoms with E-state index >= 15 is 0 Å². The van der Waals surface area contributed by atoms with Crippen LogP contribution in [0.25, 0.3) is 0 Å². The number of likely N-dealkylation sites (N-methyl/N-ethyl adjacent to an activating group) is 1. The molecule has 1 amide bonds. The van der Waals surface area contributed by atoms with E-state index in [-0.39, 0.29) is 55.5 Å². The normalized spacial score (nSPS) is 27.5. The molecule has 2 aliphatic carbocycles. The van der Waals surface area contributed by atoms with Gasteiger partial charge in [0, 0.05) is 57.8 Å². The summed E-state index contributed by atoms with van der Waals surface area (Å²) in [6.45, 7) is 16.8. The molecule has 6 atom stereocenters. The Bertz CT molecular complexity index is 1390. The van der Waals surface area contributed by atoms with Crippen molar-refractivity contribution >= 4 is 11.8 Å². The maximum atomic E-state index is 13.8. The number of ether oxygens (including phenoxy) is 4. The molecule has 2 heterocycles. The van der Waals surface area contributed by atoms with Gasteiger partial charge in [0.2, 0.25) is 5.79 Å². The molecule has 11 heteroatoms. The number of nitrogens with zero attached hydrogens (tertiary/aromatic N) is 3. The van der Waals surface area contributed by atoms with Gasteiger partial charge in [-0.15, -0.1) is 6.58 Å². The number of carbonyl (C=O) groups is 1. The summed E-state index contributed by atoms with van der Waals surface area (Å²) in [7, 11) is 1.75. The lowest BCUT2D eigenvalue weighted by atomic mass is 9.55. The number of benzene rings is 1. The van der Waals surface area contributed by atoms with Crippen LogP contribution in [0, 0.1) is 23.2 Å². The summed E-state index contributed by atoms with van der Waals surface area (Å²) < 4.78 is 26.3. The molecule has 51 heavy (non-hydrogen) atoms. The summed E-state index contributed by atoms with van der Waals surface area (Å²) in [6, 6.07) is 5.47. The minimum Gasteiger partial charge on any atom is -0.492 e. The fourth-order valence-electron chi connectivity index (χ4n) is 8.05. The largest absolute Gasteiger partial charge is 0.492 e. The lowest BCUT2D eigenvalue weighted by Gasteiger charge is -2.59. The Labute approximate surface area is 304 Å². The van der Waals surface area contributed by atoms with Crippen LogP contribution in [0.2, 0.25) is 0 Å². The molecular weight excluding hydrogens is 650 g/mol. The first kappa shape index (κ1) is 39.1. The summed E-state index contributed by atoms with van der Waals surface area (Å²) in [5, 5.41) is 24.3. The van der Waals surface area contributed by atoms with E-state index in [0.29, 0.717) is 31.8 Å². The second kappa shape index (κ2) is 17.6. The topological polar surface area (TPSA) is 122 Å². The summed E-state index contributed by atoms with van der Waals surface area (Å²) in [6.07, 6.45) is 8.87. The molecule has 0 unspecified atom stereocenters. The zero-order chi connectivity index (χ0) is 36.6. The van der Waals surface area contributed by atoms with E-state index in [0.717, 1.165) is 74.3 Å². The summed E-state index contributed by atoms with van der Waals surface area (Å²) in [4.78, 5) is 23.6. The van der Waals surface area contributed by atoms with Crippen molar-refractivity contribution in [1.29, 1.82) is 0 Å². The van der Waals surface area contributed by atoms with Gasteiger partial charge in [-0.1, -0.05) is 50.9 Å². The van der Waals surface area contributed by atoms with E-state index in [9.17, 15) is 15.0 Å². The van der Waals surface area contributed by atoms with E-state index in [4.69, 9.17) is 28.9 Å². The van der Waals surface area contributed by atoms with Crippen molar-refractivity contribution in [3.8, 4) is 11.5 Å². The van der Waals surface area contributed by atoms with Gasteiger partial charge in [-0.2, -0.15) is 0 Å². The zero-order valence-electron chi connectivity index (χ0n) is 31.5. The Balaban J connectivity index is 1.68. The van der Waals surface area contributed by atoms with Gasteiger partial charge in [0.05, 0.1) is 24.8 Å². The van der Waals surface area contributed by atoms with Crippen molar-refractivity contribution < 1.29 is 38.8 Å². The molecule has 2 aliphatic heterocycles. The average Bonchev–Trinajstić information content (AvgIpc) is 3.94. The number of unbranched alkanes of at least 4 members (excludes halogenated alkanes) is 2. The Morgan fingerprint density at radius 2 is 1.90 bits per heavy atom. The number of amides is 1. The summed E-state index contributed by atoms with van der Waals surface area (Å²) in [5.74, 6) is 0.0521. The number of aliphatic hydroxyl groups excluding tert-OH is 2. The van der Waals surface area contributed by atoms with E-state index in [1.54, 1.807) is 18.0 Å². The quantitative estimate of drug-likeness (QED) is 0.0754. The number of oxime groups is 1. The molecule has 2 N–H and O–H groups in total. The fraction of sp³-hybridized carbons (Fsp3) is 0.700. The smallest absolute Gasteiger partial charge is 0.410 e. The van der Waals surface area contributed by atoms with Crippen molar-refractivity contribution in [2.75, 3.05) is 66.3 Å². The number of fused-ring (bicyclic) bond motifs is 2. The molecule has 0 bridgehead atoms. The first-order valence-corrected chi connectivity index (χ1v) is 19.0. The van der Waals surface area contributed by atoms with Crippen LogP contribution in [-0.4, -0.2) is 110 Å². The number of rotatable bonds is 19. The van der Waals surface area contributed by atoms with Crippen LogP contribution in [0.3, 0.4) is 0 Å². The van der Waals surface area contributed by atoms with Crippen LogP contribution < -0.4 is 9.47 Å². The van der Waals surface area contributed by atoms with Gasteiger partial charge in [-0.25, -0.2) is 4.79 Å². The number of carbonyl (C=O) groups excluding carboxylic acids is 1. The summed E-state index contributed by atoms with van der Waals surface area (Å²) >= 11 is 0. The molecule has 1 saturated heterocycles. The van der Waals surface area contributed by atoms with Gasteiger partial charge in [0.25, 0.3) is 0 Å². The highest BCUT2D eigenvalue weighted by Gasteiger charge is 2.65. The first-order chi connectivity index (χ1) is 24.6. The molecule has 0 radical (unpaired) electrons. The predicted octanol–water partition coefficient (Wildman–Crippen LogP) is 6.15. The van der Waals surface area contributed by atoms with Crippen LogP contribution in [0.4, 0.5) is 4.79 Å². The molecular formula is C40H61N3O8. The number of aliphatic hydroxyl groups is 2. The van der Waals surface area contributed by atoms with E-state index < -0.39 is 17.9 Å². The Hall–Kier alpha value is -3.12. The van der Waals surface area contributed by atoms with Gasteiger partial charge in [-0.3, -0.25) is 4.90 Å². The van der Waals surface area contributed by atoms with Crippen molar-refractivity contribution in [3.05, 3.63) is 48.1 Å². The molecule has 0 spiro atoms. The molecule has 0 aromatic heterocycles. The van der Waals surface area contributed by atoms with E-state index in [1.807, 2.05) is 39.8 Å². The highest BCUT2D eigenvalue weighted by molar-refractivity contribution is 6.02. The standard InChI is InChI=1S/C40H61N3O8/c1-7-22-49-40-35(42(6)38(46)48-27-39(3,4)5)26-33(41-50-8-2)31-24-28(13-9-11-20-44)30(14-10-12-21-45)36(37(31)40)32-25-29(15-16-34(32)51-40)47-23-19-43-17-18-43/h7,15-16,24-25,28,30,35-37,44-45H,1,8-14,17-23,26-27H2,2-6H3/t28-,30+,35-,36+,37+,40+/m0/s1. The minimum atomic E-state index is -1.30. The van der Waals surface area contributed by atoms with Crippen LogP contribution in [0.5, 0.6) is 11.5 Å². The lowest BCUT2D eigenvalue weighted by Crippen LogP contribution is -2.69. The number of allylic oxidation sites excluding steroid dienone is 1. The molecule has 1 aromatic carbocycles. The molecule has 1 saturated carbocycles. The highest BCUT2D eigenvalue weighted by Crippen LogP contribution is 2.61. The van der Waals surface area contributed by atoms with Crippen LogP contribution >= 0.6 is 0 Å². The van der Waals surface area contributed by atoms with Crippen molar-refractivity contribution in [2.24, 2.45) is 28.3 Å². The maximum absolute atomic E-state index is 13.8. The van der Waals surface area contributed by atoms with Gasteiger partial charge in [-0.05, 0) is 73.6 Å². The van der Waals surface area contributed by atoms with Crippen molar-refractivity contribution in [3.63, 3.8) is 0 Å². The van der Waals surface area contributed by atoms with Crippen molar-refractivity contribution in [1.82, 2.24) is 9.80 Å². The van der Waals surface area contributed by atoms with E-state index in [1.165, 1.54) is 0 Å². The van der Waals surface area contributed by atoms with E-state index in [2.05, 4.69) is 23.6 Å². The maximum Gasteiger partial charge on any atom is 0.410 e. The Kier molecular flexibility index (Phi) is 13.5. The van der Waals surface area contributed by atoms with Crippen LogP contribution in [0.15, 0.2) is 47.7 Å². The second-order valence-corrected chi connectivity index (χ2v) is 15.6. The highest BCUT2D eigenvalue weighted by atomic mass is 16.7. The lowest BCUT2D eigenvalue weighted by molar-refractivity contribution is -0.253. The van der Waals surface area contributed by atoms with Gasteiger partial charge >= 0.3 is 6.09 Å². The first-order valence-electron chi connectivity index (χ1n) is 19.0. The van der Waals surface area contributed by atoms with Crippen LogP contribution in [0.1, 0.15) is 84.1 Å². The molecule has 4 aliphatic rings. The molecule has 5 rings (SSSR count). The zero-order valence-corrected chi connectivity index (χ0v) is 31.5. The molecule has 11 nitrogen and oxygen atoms in total. The summed E-state index contributed by atoms with van der Waals surface area (Å²) in [5.41, 5.74) is 2.61. The molecule has 284 valence electrons. The third-order valence-corrected chi connectivity index (χ3v) is 10.5.